The quantitative estimate of drug-likeness (QED) is 0.361. The van der Waals surface area contributed by atoms with Gasteiger partial charge in [-0.05, 0) is 6.07 Å². The summed E-state index contributed by atoms with van der Waals surface area (Å²) in [5.74, 6) is -1.18. The maximum absolute atomic E-state index is 11.5. The van der Waals surface area contributed by atoms with E-state index in [0.29, 0.717) is 4.90 Å². The van der Waals surface area contributed by atoms with Crippen molar-refractivity contribution >= 4 is 41.8 Å². The number of ether oxygens (including phenoxy) is 4. The number of halogens is 1. The molecule has 0 saturated carbocycles. The van der Waals surface area contributed by atoms with Gasteiger partial charge in [-0.15, -0.1) is 0 Å². The van der Waals surface area contributed by atoms with Crippen molar-refractivity contribution in [3.05, 3.63) is 23.0 Å². The molecule has 2 rings (SSSR count). The Bertz CT molecular complexity index is 819. The van der Waals surface area contributed by atoms with Gasteiger partial charge in [0.2, 0.25) is 0 Å². The van der Waals surface area contributed by atoms with E-state index >= 15 is 0 Å². The van der Waals surface area contributed by atoms with Crippen LogP contribution in [-0.4, -0.2) is 59.8 Å². The molecular formula is C17H18ClN3O7S. The Morgan fingerprint density at radius 3 is 2.69 bits per heavy atom. The summed E-state index contributed by atoms with van der Waals surface area (Å²) < 4.78 is 21.2. The van der Waals surface area contributed by atoms with Gasteiger partial charge in [-0.25, -0.2) is 4.98 Å². The third-order valence-corrected chi connectivity index (χ3v) is 5.24. The van der Waals surface area contributed by atoms with Gasteiger partial charge in [-0.3, -0.25) is 14.4 Å². The number of carbonyl (C=O) groups excluding carboxylic acids is 3. The number of nitrogens with two attached hydrogens (primary N) is 1. The van der Waals surface area contributed by atoms with E-state index in [1.165, 1.54) is 26.1 Å². The minimum Gasteiger partial charge on any atom is -0.463 e. The lowest BCUT2D eigenvalue weighted by atomic mass is 9.97. The van der Waals surface area contributed by atoms with E-state index in [-0.39, 0.29) is 23.8 Å². The molecule has 10 nitrogen and oxygen atoms in total. The Labute approximate surface area is 175 Å². The van der Waals surface area contributed by atoms with Crippen molar-refractivity contribution < 1.29 is 33.3 Å². The molecule has 0 radical (unpaired) electrons. The highest BCUT2D eigenvalue weighted by atomic mass is 35.5. The Balaban J connectivity index is 2.29. The molecule has 1 aromatic heterocycles. The zero-order valence-electron chi connectivity index (χ0n) is 15.4. The van der Waals surface area contributed by atoms with E-state index in [9.17, 15) is 14.4 Å². The minimum atomic E-state index is -1.02. The third kappa shape index (κ3) is 6.04. The van der Waals surface area contributed by atoms with E-state index in [0.717, 1.165) is 11.8 Å². The molecule has 12 heteroatoms. The number of carbonyl (C=O) groups is 3. The highest BCUT2D eigenvalue weighted by Crippen LogP contribution is 2.36. The normalized spacial score (nSPS) is 26.1. The summed E-state index contributed by atoms with van der Waals surface area (Å²) in [5, 5.41) is 9.07. The number of pyridine rings is 1. The van der Waals surface area contributed by atoms with Crippen molar-refractivity contribution in [3.63, 3.8) is 0 Å². The summed E-state index contributed by atoms with van der Waals surface area (Å²) in [7, 11) is 0. The van der Waals surface area contributed by atoms with Gasteiger partial charge in [0.05, 0.1) is 11.1 Å². The zero-order valence-corrected chi connectivity index (χ0v) is 17.0. The number of hydrogen-bond donors (Lipinski definition) is 1. The largest absolute Gasteiger partial charge is 0.463 e. The molecule has 5 atom stereocenters. The number of hydrogen-bond acceptors (Lipinski definition) is 11. The average Bonchev–Trinajstić information content (AvgIpc) is 2.65. The number of nitriles is 1. The predicted molar refractivity (Wildman–Crippen MR) is 99.6 cm³/mol. The van der Waals surface area contributed by atoms with Crippen molar-refractivity contribution in [2.45, 2.75) is 48.5 Å². The van der Waals surface area contributed by atoms with Gasteiger partial charge in [-0.1, -0.05) is 23.4 Å². The maximum Gasteiger partial charge on any atom is 0.303 e. The first-order valence-corrected chi connectivity index (χ1v) is 9.55. The summed E-state index contributed by atoms with van der Waals surface area (Å²) in [6.45, 7) is 2.40. The van der Waals surface area contributed by atoms with Gasteiger partial charge in [-0.2, -0.15) is 5.26 Å². The fourth-order valence-electron chi connectivity index (χ4n) is 2.64. The first-order chi connectivity index (χ1) is 13.8. The van der Waals surface area contributed by atoms with Crippen LogP contribution in [0.25, 0.3) is 0 Å². The van der Waals surface area contributed by atoms with Crippen LogP contribution in [0.3, 0.4) is 0 Å². The van der Waals surface area contributed by atoms with E-state index in [4.69, 9.17) is 41.5 Å². The zero-order chi connectivity index (χ0) is 21.6. The predicted octanol–water partition coefficient (Wildman–Crippen LogP) is 0.787. The van der Waals surface area contributed by atoms with Crippen LogP contribution in [0.15, 0.2) is 17.2 Å². The van der Waals surface area contributed by atoms with Crippen molar-refractivity contribution in [2.75, 3.05) is 6.61 Å². The van der Waals surface area contributed by atoms with Crippen LogP contribution in [0.4, 0.5) is 0 Å². The van der Waals surface area contributed by atoms with E-state index in [1.807, 2.05) is 6.07 Å². The van der Waals surface area contributed by atoms with E-state index in [2.05, 4.69) is 4.98 Å². The van der Waals surface area contributed by atoms with Crippen LogP contribution in [0, 0.1) is 11.3 Å². The van der Waals surface area contributed by atoms with Gasteiger partial charge >= 0.3 is 11.9 Å². The summed E-state index contributed by atoms with van der Waals surface area (Å²) in [6.07, 6.45) is -1.51. The summed E-state index contributed by atoms with van der Waals surface area (Å²) >= 11 is 7.09. The van der Waals surface area contributed by atoms with Crippen LogP contribution < -0.4 is 5.73 Å². The fourth-order valence-corrected chi connectivity index (χ4v) is 4.06. The Kier molecular flexibility index (Phi) is 8.21. The van der Waals surface area contributed by atoms with Crippen molar-refractivity contribution in [1.29, 1.82) is 5.26 Å². The topological polar surface area (TPSA) is 151 Å². The van der Waals surface area contributed by atoms with Gasteiger partial charge in [0.1, 0.15) is 30.3 Å². The number of nitrogens with zero attached hydrogens (tertiary/aromatic N) is 2. The summed E-state index contributed by atoms with van der Waals surface area (Å²) in [6, 6.07) is 2.39. The second-order valence-corrected chi connectivity index (χ2v) is 7.50. The molecule has 1 fully saturated rings. The molecule has 1 aromatic rings. The van der Waals surface area contributed by atoms with Crippen LogP contribution in [0.5, 0.6) is 0 Å². The highest BCUT2D eigenvalue weighted by molar-refractivity contribution is 7.99. The van der Waals surface area contributed by atoms with Crippen LogP contribution >= 0.6 is 23.4 Å². The van der Waals surface area contributed by atoms with Gasteiger partial charge in [0, 0.05) is 24.9 Å². The summed E-state index contributed by atoms with van der Waals surface area (Å²) in [4.78, 5) is 38.1. The second kappa shape index (κ2) is 10.4. The Hall–Kier alpha value is -2.39. The van der Waals surface area contributed by atoms with Crippen LogP contribution in [-0.2, 0) is 33.3 Å². The van der Waals surface area contributed by atoms with Crippen LogP contribution in [0.1, 0.15) is 19.5 Å². The molecule has 5 unspecified atom stereocenters. The number of esters is 2. The van der Waals surface area contributed by atoms with Crippen LogP contribution in [0.2, 0.25) is 5.02 Å². The first-order valence-electron chi connectivity index (χ1n) is 8.29. The number of aromatic nitrogens is 1. The molecule has 2 heterocycles. The second-order valence-electron chi connectivity index (χ2n) is 5.92. The summed E-state index contributed by atoms with van der Waals surface area (Å²) in [5.41, 5.74) is 5.40. The third-order valence-electron chi connectivity index (χ3n) is 3.84. The molecule has 156 valence electrons. The van der Waals surface area contributed by atoms with Gasteiger partial charge in [0.25, 0.3) is 6.47 Å². The van der Waals surface area contributed by atoms with E-state index < -0.39 is 41.7 Å². The molecule has 29 heavy (non-hydrogen) atoms. The molecule has 0 aromatic carbocycles. The smallest absolute Gasteiger partial charge is 0.303 e. The fraction of sp³-hybridized carbons (Fsp3) is 0.471. The number of thioether (sulfide) groups is 1. The molecule has 2 N–H and O–H groups in total. The number of rotatable bonds is 7. The van der Waals surface area contributed by atoms with Gasteiger partial charge in [0.15, 0.2) is 11.8 Å². The molecule has 0 spiro atoms. The minimum absolute atomic E-state index is 0.0561. The standard InChI is InChI=1S/C17H18ClN3O7S/c1-8(23)25-6-13-15(27-9(2)24)14(20)16(26-7-22)17(28-13)29-10-3-11(18)12(4-19)21-5-10/h3,5,7,13-17H,6,20H2,1-2H3. The molecule has 0 aliphatic carbocycles. The highest BCUT2D eigenvalue weighted by Gasteiger charge is 2.48. The molecule has 1 aliphatic rings. The van der Waals surface area contributed by atoms with Crippen molar-refractivity contribution in [1.82, 2.24) is 4.98 Å². The lowest BCUT2D eigenvalue weighted by Crippen LogP contribution is -2.63. The molecule has 1 saturated heterocycles. The molecule has 0 bridgehead atoms. The maximum atomic E-state index is 11.5. The molecular weight excluding hydrogens is 426 g/mol. The molecule has 1 aliphatic heterocycles. The SMILES string of the molecule is CC(=O)OCC1OC(Sc2cnc(C#N)c(Cl)c2)C(OC=O)C(N)C1OC(C)=O. The van der Waals surface area contributed by atoms with E-state index in [1.54, 1.807) is 0 Å². The lowest BCUT2D eigenvalue weighted by molar-refractivity contribution is -0.197. The van der Waals surface area contributed by atoms with Gasteiger partial charge < -0.3 is 24.7 Å². The first kappa shape index (κ1) is 22.9. The Morgan fingerprint density at radius 2 is 2.14 bits per heavy atom. The van der Waals surface area contributed by atoms with Crippen molar-refractivity contribution in [2.24, 2.45) is 5.73 Å². The monoisotopic (exact) mass is 443 g/mol. The molecule has 0 amide bonds. The van der Waals surface area contributed by atoms with Crippen molar-refractivity contribution in [3.8, 4) is 6.07 Å². The average molecular weight is 444 g/mol. The lowest BCUT2D eigenvalue weighted by Gasteiger charge is -2.43. The Morgan fingerprint density at radius 1 is 1.41 bits per heavy atom.